The van der Waals surface area contributed by atoms with E-state index in [1.807, 2.05) is 53.4 Å². The molecule has 2 aromatic carbocycles. The summed E-state index contributed by atoms with van der Waals surface area (Å²) in [7, 11) is 0. The van der Waals surface area contributed by atoms with Crippen molar-refractivity contribution in [2.45, 2.75) is 24.3 Å². The number of halogens is 1. The normalized spacial score (nSPS) is 11.2. The number of aromatic nitrogens is 3. The Hall–Kier alpha value is -1.92. The van der Waals surface area contributed by atoms with E-state index in [1.54, 1.807) is 11.8 Å². The predicted molar refractivity (Wildman–Crippen MR) is 103 cm³/mol. The first-order valence-electron chi connectivity index (χ1n) is 7.67. The van der Waals surface area contributed by atoms with Gasteiger partial charge in [-0.1, -0.05) is 77.1 Å². The zero-order chi connectivity index (χ0) is 16.8. The van der Waals surface area contributed by atoms with Crippen LogP contribution < -0.4 is 0 Å². The number of aryl methyl sites for hydroxylation is 1. The van der Waals surface area contributed by atoms with E-state index in [4.69, 9.17) is 0 Å². The summed E-state index contributed by atoms with van der Waals surface area (Å²) in [6, 6.07) is 18.3. The van der Waals surface area contributed by atoms with E-state index < -0.39 is 0 Å². The summed E-state index contributed by atoms with van der Waals surface area (Å²) in [4.78, 5) is 0. The molecule has 0 spiro atoms. The number of rotatable bonds is 6. The number of benzene rings is 2. The van der Waals surface area contributed by atoms with Crippen LogP contribution in [0.4, 0.5) is 0 Å². The third-order valence-corrected chi connectivity index (χ3v) is 4.92. The van der Waals surface area contributed by atoms with Gasteiger partial charge in [-0.2, -0.15) is 9.78 Å². The van der Waals surface area contributed by atoms with Crippen LogP contribution in [0.25, 0.3) is 0 Å². The lowest BCUT2D eigenvalue weighted by Gasteiger charge is -2.04. The maximum Gasteiger partial charge on any atom is 0.212 e. The SMILES string of the molecule is CCc1nnc(SCc2ccc(Br)cc2)n1/N=C\c1ccccc1. The molecule has 0 amide bonds. The number of hydrogen-bond donors (Lipinski definition) is 0. The van der Waals surface area contributed by atoms with Crippen LogP contribution in [0, 0.1) is 0 Å². The van der Waals surface area contributed by atoms with Crippen molar-refractivity contribution < 1.29 is 0 Å². The Balaban J connectivity index is 1.77. The van der Waals surface area contributed by atoms with E-state index in [0.717, 1.165) is 33.2 Å². The summed E-state index contributed by atoms with van der Waals surface area (Å²) in [5.41, 5.74) is 2.29. The third kappa shape index (κ3) is 4.33. The fourth-order valence-corrected chi connectivity index (χ4v) is 3.24. The molecule has 0 aliphatic carbocycles. The van der Waals surface area contributed by atoms with Gasteiger partial charge in [-0.15, -0.1) is 10.2 Å². The van der Waals surface area contributed by atoms with Crippen molar-refractivity contribution in [3.63, 3.8) is 0 Å². The van der Waals surface area contributed by atoms with Crippen molar-refractivity contribution in [2.75, 3.05) is 0 Å². The first-order valence-corrected chi connectivity index (χ1v) is 9.45. The average Bonchev–Trinajstić information content (AvgIpc) is 3.02. The fraction of sp³-hybridized carbons (Fsp3) is 0.167. The monoisotopic (exact) mass is 400 g/mol. The highest BCUT2D eigenvalue weighted by molar-refractivity contribution is 9.10. The Morgan fingerprint density at radius 2 is 1.83 bits per heavy atom. The van der Waals surface area contributed by atoms with Gasteiger partial charge in [0.15, 0.2) is 5.82 Å². The fourth-order valence-electron chi connectivity index (χ4n) is 2.11. The van der Waals surface area contributed by atoms with Crippen molar-refractivity contribution in [3.8, 4) is 0 Å². The lowest BCUT2D eigenvalue weighted by Crippen LogP contribution is -1.99. The molecule has 0 bridgehead atoms. The highest BCUT2D eigenvalue weighted by Gasteiger charge is 2.10. The van der Waals surface area contributed by atoms with Gasteiger partial charge in [0.05, 0.1) is 6.21 Å². The predicted octanol–water partition coefficient (Wildman–Crippen LogP) is 4.78. The Kier molecular flexibility index (Phi) is 5.82. The molecular formula is C18H17BrN4S. The summed E-state index contributed by atoms with van der Waals surface area (Å²) in [6.07, 6.45) is 2.63. The van der Waals surface area contributed by atoms with E-state index in [2.05, 4.69) is 50.3 Å². The van der Waals surface area contributed by atoms with Crippen molar-refractivity contribution in [3.05, 3.63) is 76.0 Å². The van der Waals surface area contributed by atoms with Crippen LogP contribution in [0.1, 0.15) is 23.9 Å². The molecule has 0 N–H and O–H groups in total. The molecule has 3 rings (SSSR count). The van der Waals surface area contributed by atoms with Gasteiger partial charge in [0.25, 0.3) is 0 Å². The van der Waals surface area contributed by atoms with Crippen molar-refractivity contribution >= 4 is 33.9 Å². The Morgan fingerprint density at radius 3 is 2.54 bits per heavy atom. The van der Waals surface area contributed by atoms with Crippen LogP contribution in [0.3, 0.4) is 0 Å². The summed E-state index contributed by atoms with van der Waals surface area (Å²) < 4.78 is 2.91. The maximum absolute atomic E-state index is 4.57. The van der Waals surface area contributed by atoms with E-state index in [1.165, 1.54) is 5.56 Å². The lowest BCUT2D eigenvalue weighted by atomic mass is 10.2. The zero-order valence-electron chi connectivity index (χ0n) is 13.3. The quantitative estimate of drug-likeness (QED) is 0.441. The molecule has 0 atom stereocenters. The molecule has 0 saturated carbocycles. The minimum atomic E-state index is 0.790. The molecule has 0 saturated heterocycles. The molecule has 6 heteroatoms. The molecule has 0 aliphatic rings. The Labute approximate surface area is 154 Å². The van der Waals surface area contributed by atoms with Crippen molar-refractivity contribution in [1.29, 1.82) is 0 Å². The standard InChI is InChI=1S/C18H17BrN4S/c1-2-17-21-22-18(24-13-15-8-10-16(19)11-9-15)23(17)20-12-14-6-4-3-5-7-14/h3-12H,2,13H2,1H3/b20-12-. The first-order chi connectivity index (χ1) is 11.8. The molecule has 24 heavy (non-hydrogen) atoms. The average molecular weight is 401 g/mol. The highest BCUT2D eigenvalue weighted by Crippen LogP contribution is 2.23. The van der Waals surface area contributed by atoms with Crippen molar-refractivity contribution in [2.24, 2.45) is 5.10 Å². The first kappa shape index (κ1) is 16.9. The van der Waals surface area contributed by atoms with E-state index in [0.29, 0.717) is 0 Å². The highest BCUT2D eigenvalue weighted by atomic mass is 79.9. The Bertz CT molecular complexity index is 813. The van der Waals surface area contributed by atoms with Gasteiger partial charge in [0, 0.05) is 16.6 Å². The van der Waals surface area contributed by atoms with Crippen LogP contribution in [-0.4, -0.2) is 21.1 Å². The van der Waals surface area contributed by atoms with E-state index in [9.17, 15) is 0 Å². The van der Waals surface area contributed by atoms with Gasteiger partial charge in [0.2, 0.25) is 5.16 Å². The van der Waals surface area contributed by atoms with Gasteiger partial charge in [-0.25, -0.2) is 0 Å². The number of hydrogen-bond acceptors (Lipinski definition) is 4. The molecule has 0 unspecified atom stereocenters. The maximum atomic E-state index is 4.57. The second kappa shape index (κ2) is 8.26. The van der Waals surface area contributed by atoms with E-state index >= 15 is 0 Å². The summed E-state index contributed by atoms with van der Waals surface area (Å²) in [6.45, 7) is 2.06. The topological polar surface area (TPSA) is 43.1 Å². The third-order valence-electron chi connectivity index (χ3n) is 3.40. The Morgan fingerprint density at radius 1 is 1.08 bits per heavy atom. The zero-order valence-corrected chi connectivity index (χ0v) is 15.7. The summed E-state index contributed by atoms with van der Waals surface area (Å²) in [5, 5.41) is 13.9. The van der Waals surface area contributed by atoms with Gasteiger partial charge >= 0.3 is 0 Å². The molecule has 1 aromatic heterocycles. The van der Waals surface area contributed by atoms with Gasteiger partial charge in [0.1, 0.15) is 0 Å². The minimum Gasteiger partial charge on any atom is -0.191 e. The second-order valence-electron chi connectivity index (χ2n) is 5.13. The van der Waals surface area contributed by atoms with Gasteiger partial charge < -0.3 is 0 Å². The van der Waals surface area contributed by atoms with Crippen LogP contribution in [0.2, 0.25) is 0 Å². The van der Waals surface area contributed by atoms with Gasteiger partial charge in [-0.3, -0.25) is 0 Å². The second-order valence-corrected chi connectivity index (χ2v) is 6.99. The molecule has 1 heterocycles. The number of thioether (sulfide) groups is 1. The summed E-state index contributed by atoms with van der Waals surface area (Å²) in [5.74, 6) is 1.69. The van der Waals surface area contributed by atoms with Crippen molar-refractivity contribution in [1.82, 2.24) is 14.9 Å². The summed E-state index contributed by atoms with van der Waals surface area (Å²) >= 11 is 5.09. The van der Waals surface area contributed by atoms with Crippen LogP contribution in [0.15, 0.2) is 69.3 Å². The van der Waals surface area contributed by atoms with Gasteiger partial charge in [-0.05, 0) is 23.3 Å². The number of nitrogens with zero attached hydrogens (tertiary/aromatic N) is 4. The van der Waals surface area contributed by atoms with E-state index in [-0.39, 0.29) is 0 Å². The lowest BCUT2D eigenvalue weighted by molar-refractivity contribution is 0.722. The van der Waals surface area contributed by atoms with Crippen LogP contribution >= 0.6 is 27.7 Å². The minimum absolute atomic E-state index is 0.790. The smallest absolute Gasteiger partial charge is 0.191 e. The van der Waals surface area contributed by atoms with Crippen LogP contribution in [0.5, 0.6) is 0 Å². The van der Waals surface area contributed by atoms with Crippen LogP contribution in [-0.2, 0) is 12.2 Å². The molecular weight excluding hydrogens is 384 g/mol. The molecule has 0 radical (unpaired) electrons. The molecule has 0 aliphatic heterocycles. The molecule has 122 valence electrons. The molecule has 0 fully saturated rings. The molecule has 4 nitrogen and oxygen atoms in total. The largest absolute Gasteiger partial charge is 0.212 e. The molecule has 3 aromatic rings.